The molecule has 0 atom stereocenters. The maximum atomic E-state index is 12.0. The number of carbonyl (C=O) groups excluding carboxylic acids is 2. The Labute approximate surface area is 127 Å². The molecule has 0 fully saturated rings. The number of rotatable bonds is 11. The van der Waals surface area contributed by atoms with Gasteiger partial charge in [-0.15, -0.1) is 4.39 Å². The zero-order valence-electron chi connectivity index (χ0n) is 13.4. The van der Waals surface area contributed by atoms with E-state index in [0.29, 0.717) is 25.9 Å². The van der Waals surface area contributed by atoms with E-state index in [0.717, 1.165) is 12.5 Å². The van der Waals surface area contributed by atoms with Crippen LogP contribution in [0.1, 0.15) is 26.2 Å². The van der Waals surface area contributed by atoms with Crippen LogP contribution in [0.2, 0.25) is 12.6 Å². The molecule has 1 N–H and O–H groups in total. The van der Waals surface area contributed by atoms with Gasteiger partial charge in [0.25, 0.3) is 0 Å². The number of hydrogen-bond acceptors (Lipinski definition) is 4. The molecule has 0 saturated heterocycles. The van der Waals surface area contributed by atoms with E-state index in [2.05, 4.69) is 5.32 Å². The number of nitrogens with one attached hydrogen (secondary N) is 1. The fourth-order valence-electron chi connectivity index (χ4n) is 1.92. The van der Waals surface area contributed by atoms with Crippen molar-refractivity contribution >= 4 is 20.6 Å². The fourth-order valence-corrected chi connectivity index (χ4v) is 3.30. The van der Waals surface area contributed by atoms with E-state index < -0.39 is 14.7 Å². The van der Waals surface area contributed by atoms with Gasteiger partial charge < -0.3 is 19.1 Å². The Bertz CT molecular complexity index is 327. The lowest BCUT2D eigenvalue weighted by atomic mass is 10.3. The van der Waals surface area contributed by atoms with Crippen molar-refractivity contribution in [1.29, 1.82) is 0 Å². The van der Waals surface area contributed by atoms with Gasteiger partial charge in [-0.2, -0.15) is 0 Å². The molecule has 2 amide bonds. The van der Waals surface area contributed by atoms with E-state index >= 15 is 0 Å². The highest BCUT2D eigenvalue weighted by molar-refractivity contribution is 6.65. The summed E-state index contributed by atoms with van der Waals surface area (Å²) < 4.78 is 22.8. The molecule has 0 unspecified atom stereocenters. The quantitative estimate of drug-likeness (QED) is 0.274. The van der Waals surface area contributed by atoms with Gasteiger partial charge in [-0.05, 0) is 25.4 Å². The van der Waals surface area contributed by atoms with E-state index in [1.807, 2.05) is 13.5 Å². The molecule has 8 heteroatoms. The fraction of sp³-hybridized carbons (Fsp3) is 0.846. The van der Waals surface area contributed by atoms with Gasteiger partial charge in [-0.1, -0.05) is 6.92 Å². The van der Waals surface area contributed by atoms with Crippen molar-refractivity contribution < 1.29 is 22.8 Å². The Hall–Kier alpha value is -0.993. The van der Waals surface area contributed by atoms with Crippen LogP contribution >= 0.6 is 0 Å². The standard InChI is InChI=1S/C13H27FN2O4Si/c1-5-12(17)16(9-6-8-15-13(14)18)10-7-11-21(4,19-2)20-3/h5-11H2,1-4H3,(H,15,18). The molecular formula is C13H27FN2O4Si. The normalized spacial score (nSPS) is 11.3. The van der Waals surface area contributed by atoms with Crippen LogP contribution in [0.5, 0.6) is 0 Å². The Morgan fingerprint density at radius 2 is 1.76 bits per heavy atom. The largest absolute Gasteiger partial charge is 0.398 e. The second-order valence-electron chi connectivity index (χ2n) is 4.93. The lowest BCUT2D eigenvalue weighted by Crippen LogP contribution is -2.38. The first-order valence-corrected chi connectivity index (χ1v) is 9.72. The van der Waals surface area contributed by atoms with Crippen LogP contribution in [0.25, 0.3) is 0 Å². The van der Waals surface area contributed by atoms with Gasteiger partial charge in [-0.25, -0.2) is 4.79 Å². The number of nitrogens with zero attached hydrogens (tertiary/aromatic N) is 1. The number of halogens is 1. The predicted molar refractivity (Wildman–Crippen MR) is 81.1 cm³/mol. The number of amides is 2. The van der Waals surface area contributed by atoms with Gasteiger partial charge in [0.1, 0.15) is 0 Å². The second kappa shape index (κ2) is 10.7. The smallest absolute Gasteiger partial charge is 0.397 e. The van der Waals surface area contributed by atoms with E-state index in [1.54, 1.807) is 19.1 Å². The summed E-state index contributed by atoms with van der Waals surface area (Å²) in [7, 11) is 1.18. The lowest BCUT2D eigenvalue weighted by molar-refractivity contribution is -0.130. The molecule has 0 spiro atoms. The minimum Gasteiger partial charge on any atom is -0.398 e. The summed E-state index contributed by atoms with van der Waals surface area (Å²) in [5.74, 6) is 0.0554. The van der Waals surface area contributed by atoms with Gasteiger partial charge in [0.2, 0.25) is 5.91 Å². The van der Waals surface area contributed by atoms with Crippen LogP contribution in [-0.4, -0.2) is 59.4 Å². The Balaban J connectivity index is 4.19. The topological polar surface area (TPSA) is 67.9 Å². The maximum absolute atomic E-state index is 12.0. The Morgan fingerprint density at radius 3 is 2.24 bits per heavy atom. The van der Waals surface area contributed by atoms with Crippen LogP contribution in [0.3, 0.4) is 0 Å². The number of hydrogen-bond donors (Lipinski definition) is 1. The van der Waals surface area contributed by atoms with Crippen LogP contribution in [0.4, 0.5) is 9.18 Å². The first-order chi connectivity index (χ1) is 9.88. The first kappa shape index (κ1) is 20.0. The predicted octanol–water partition coefficient (Wildman–Crippen LogP) is 2.05. The highest BCUT2D eigenvalue weighted by Gasteiger charge is 2.28. The third kappa shape index (κ3) is 8.79. The summed E-state index contributed by atoms with van der Waals surface area (Å²) in [4.78, 5) is 23.7. The van der Waals surface area contributed by atoms with Crippen molar-refractivity contribution in [1.82, 2.24) is 10.2 Å². The molecule has 124 valence electrons. The molecule has 0 rings (SSSR count). The van der Waals surface area contributed by atoms with Crippen molar-refractivity contribution in [2.45, 2.75) is 38.8 Å². The minimum absolute atomic E-state index is 0.0554. The molecule has 0 aromatic heterocycles. The van der Waals surface area contributed by atoms with Gasteiger partial charge in [0.05, 0.1) is 0 Å². The summed E-state index contributed by atoms with van der Waals surface area (Å²) in [5, 5.41) is 2.08. The van der Waals surface area contributed by atoms with Crippen molar-refractivity contribution in [3.8, 4) is 0 Å². The molecule has 0 saturated carbocycles. The van der Waals surface area contributed by atoms with Gasteiger partial charge in [0.15, 0.2) is 0 Å². The molecule has 0 aliphatic heterocycles. The van der Waals surface area contributed by atoms with Gasteiger partial charge in [-0.3, -0.25) is 4.79 Å². The van der Waals surface area contributed by atoms with Crippen LogP contribution in [-0.2, 0) is 13.6 Å². The molecule has 21 heavy (non-hydrogen) atoms. The van der Waals surface area contributed by atoms with Crippen LogP contribution in [0.15, 0.2) is 0 Å². The zero-order valence-corrected chi connectivity index (χ0v) is 14.4. The molecule has 6 nitrogen and oxygen atoms in total. The van der Waals surface area contributed by atoms with Gasteiger partial charge in [0, 0.05) is 40.3 Å². The third-order valence-electron chi connectivity index (χ3n) is 3.45. The number of carbonyl (C=O) groups is 2. The Kier molecular flexibility index (Phi) is 10.2. The monoisotopic (exact) mass is 322 g/mol. The van der Waals surface area contributed by atoms with Crippen molar-refractivity contribution in [3.63, 3.8) is 0 Å². The van der Waals surface area contributed by atoms with Gasteiger partial charge >= 0.3 is 14.7 Å². The van der Waals surface area contributed by atoms with E-state index in [9.17, 15) is 14.0 Å². The van der Waals surface area contributed by atoms with Crippen molar-refractivity contribution in [2.24, 2.45) is 0 Å². The first-order valence-electron chi connectivity index (χ1n) is 7.20. The van der Waals surface area contributed by atoms with Crippen LogP contribution in [0, 0.1) is 0 Å². The highest BCUT2D eigenvalue weighted by Crippen LogP contribution is 2.14. The molecule has 0 heterocycles. The second-order valence-corrected chi connectivity index (χ2v) is 8.52. The average molecular weight is 322 g/mol. The molecule has 0 aliphatic carbocycles. The van der Waals surface area contributed by atoms with E-state index in [1.165, 1.54) is 0 Å². The average Bonchev–Trinajstić information content (AvgIpc) is 2.48. The SMILES string of the molecule is CCC(=O)N(CCCNC(=O)F)CCC[Si](C)(OC)OC. The Morgan fingerprint density at radius 1 is 1.19 bits per heavy atom. The van der Waals surface area contributed by atoms with E-state index in [4.69, 9.17) is 8.85 Å². The summed E-state index contributed by atoms with van der Waals surface area (Å²) in [6.45, 7) is 5.14. The molecule has 0 bridgehead atoms. The molecule has 0 aliphatic rings. The highest BCUT2D eigenvalue weighted by atomic mass is 28.4. The molecular weight excluding hydrogens is 295 g/mol. The summed E-state index contributed by atoms with van der Waals surface area (Å²) >= 11 is 0. The van der Waals surface area contributed by atoms with Crippen LogP contribution < -0.4 is 5.32 Å². The third-order valence-corrected chi connectivity index (χ3v) is 6.44. The minimum atomic E-state index is -2.11. The summed E-state index contributed by atoms with van der Waals surface area (Å²) in [6, 6.07) is 0.800. The lowest BCUT2D eigenvalue weighted by Gasteiger charge is -2.26. The molecule has 0 aromatic carbocycles. The maximum Gasteiger partial charge on any atom is 0.397 e. The summed E-state index contributed by atoms with van der Waals surface area (Å²) in [5.41, 5.74) is 0. The van der Waals surface area contributed by atoms with Crippen molar-refractivity contribution in [3.05, 3.63) is 0 Å². The molecule has 0 radical (unpaired) electrons. The van der Waals surface area contributed by atoms with E-state index in [-0.39, 0.29) is 12.5 Å². The summed E-state index contributed by atoms with van der Waals surface area (Å²) in [6.07, 6.45) is 0.222. The molecule has 0 aromatic rings. The van der Waals surface area contributed by atoms with Crippen molar-refractivity contribution in [2.75, 3.05) is 33.9 Å². The zero-order chi connectivity index (χ0) is 16.3.